The summed E-state index contributed by atoms with van der Waals surface area (Å²) in [5.41, 5.74) is 3.53. The standard InChI is InChI=1S/C14H14F2N2O/c1-19-11-4-2-3-9(7-11)14(18-17)12-6-5-10(15)8-13(12)16/h2-8,14,18H,17H2,1H3. The summed E-state index contributed by atoms with van der Waals surface area (Å²) in [6.07, 6.45) is 0. The van der Waals surface area contributed by atoms with Gasteiger partial charge in [0.2, 0.25) is 0 Å². The van der Waals surface area contributed by atoms with Gasteiger partial charge in [-0.15, -0.1) is 0 Å². The van der Waals surface area contributed by atoms with Crippen molar-refractivity contribution in [2.45, 2.75) is 6.04 Å². The quantitative estimate of drug-likeness (QED) is 0.659. The van der Waals surface area contributed by atoms with Gasteiger partial charge < -0.3 is 4.74 Å². The maximum absolute atomic E-state index is 13.8. The fourth-order valence-electron chi connectivity index (χ4n) is 1.92. The number of nitrogens with one attached hydrogen (secondary N) is 1. The molecule has 0 aliphatic rings. The van der Waals surface area contributed by atoms with Gasteiger partial charge in [-0.1, -0.05) is 18.2 Å². The number of hydrogen-bond donors (Lipinski definition) is 2. The van der Waals surface area contributed by atoms with Crippen molar-refractivity contribution in [2.24, 2.45) is 5.84 Å². The van der Waals surface area contributed by atoms with Crippen LogP contribution in [0.4, 0.5) is 8.78 Å². The van der Waals surface area contributed by atoms with Crippen LogP contribution in [-0.2, 0) is 0 Å². The molecule has 0 heterocycles. The largest absolute Gasteiger partial charge is 0.497 e. The molecule has 0 aliphatic carbocycles. The van der Waals surface area contributed by atoms with Crippen LogP contribution in [0.2, 0.25) is 0 Å². The van der Waals surface area contributed by atoms with Gasteiger partial charge in [-0.05, 0) is 23.8 Å². The average molecular weight is 264 g/mol. The Bertz CT molecular complexity index is 575. The highest BCUT2D eigenvalue weighted by atomic mass is 19.1. The maximum Gasteiger partial charge on any atom is 0.131 e. The summed E-state index contributed by atoms with van der Waals surface area (Å²) in [4.78, 5) is 0. The summed E-state index contributed by atoms with van der Waals surface area (Å²) in [7, 11) is 1.54. The van der Waals surface area contributed by atoms with Crippen molar-refractivity contribution in [3.63, 3.8) is 0 Å². The Morgan fingerprint density at radius 1 is 1.16 bits per heavy atom. The van der Waals surface area contributed by atoms with E-state index in [1.807, 2.05) is 0 Å². The first-order valence-electron chi connectivity index (χ1n) is 5.70. The predicted octanol–water partition coefficient (Wildman–Crippen LogP) is 2.53. The number of hydrazine groups is 1. The third-order valence-corrected chi connectivity index (χ3v) is 2.87. The van der Waals surface area contributed by atoms with Crippen LogP contribution >= 0.6 is 0 Å². The number of ether oxygens (including phenoxy) is 1. The van der Waals surface area contributed by atoms with Crippen molar-refractivity contribution < 1.29 is 13.5 Å². The van der Waals surface area contributed by atoms with E-state index in [1.54, 1.807) is 31.4 Å². The lowest BCUT2D eigenvalue weighted by molar-refractivity contribution is 0.413. The molecule has 0 amide bonds. The van der Waals surface area contributed by atoms with Gasteiger partial charge in [-0.2, -0.15) is 0 Å². The summed E-state index contributed by atoms with van der Waals surface area (Å²) in [6, 6.07) is 9.91. The summed E-state index contributed by atoms with van der Waals surface area (Å²) < 4.78 is 31.8. The number of benzene rings is 2. The summed E-state index contributed by atoms with van der Waals surface area (Å²) in [5.74, 6) is 4.85. The van der Waals surface area contributed by atoms with E-state index in [1.165, 1.54) is 12.1 Å². The van der Waals surface area contributed by atoms with E-state index in [2.05, 4.69) is 5.43 Å². The van der Waals surface area contributed by atoms with Crippen LogP contribution in [-0.4, -0.2) is 7.11 Å². The smallest absolute Gasteiger partial charge is 0.131 e. The lowest BCUT2D eigenvalue weighted by Crippen LogP contribution is -2.29. The molecule has 2 aromatic carbocycles. The molecule has 3 nitrogen and oxygen atoms in total. The zero-order chi connectivity index (χ0) is 13.8. The van der Waals surface area contributed by atoms with Crippen LogP contribution < -0.4 is 16.0 Å². The van der Waals surface area contributed by atoms with Gasteiger partial charge in [-0.25, -0.2) is 14.2 Å². The Hall–Kier alpha value is -1.98. The van der Waals surface area contributed by atoms with Gasteiger partial charge in [0.25, 0.3) is 0 Å². The topological polar surface area (TPSA) is 47.3 Å². The number of methoxy groups -OCH3 is 1. The Labute approximate surface area is 110 Å². The Morgan fingerprint density at radius 3 is 2.58 bits per heavy atom. The van der Waals surface area contributed by atoms with E-state index in [9.17, 15) is 8.78 Å². The van der Waals surface area contributed by atoms with Crippen LogP contribution in [0.5, 0.6) is 5.75 Å². The van der Waals surface area contributed by atoms with Gasteiger partial charge in [0.15, 0.2) is 0 Å². The molecule has 2 aromatic rings. The highest BCUT2D eigenvalue weighted by Crippen LogP contribution is 2.26. The SMILES string of the molecule is COc1cccc(C(NN)c2ccc(F)cc2F)c1. The fraction of sp³-hybridized carbons (Fsp3) is 0.143. The van der Waals surface area contributed by atoms with Crippen molar-refractivity contribution >= 4 is 0 Å². The number of halogens is 2. The highest BCUT2D eigenvalue weighted by Gasteiger charge is 2.17. The molecule has 2 rings (SSSR count). The van der Waals surface area contributed by atoms with E-state index in [-0.39, 0.29) is 5.56 Å². The minimum absolute atomic E-state index is 0.275. The molecule has 5 heteroatoms. The second kappa shape index (κ2) is 5.77. The Balaban J connectivity index is 2.43. The first-order chi connectivity index (χ1) is 9.15. The minimum Gasteiger partial charge on any atom is -0.497 e. The van der Waals surface area contributed by atoms with Crippen molar-refractivity contribution in [3.8, 4) is 5.75 Å². The summed E-state index contributed by atoms with van der Waals surface area (Å²) in [6.45, 7) is 0. The van der Waals surface area contributed by atoms with Crippen LogP contribution in [0.25, 0.3) is 0 Å². The molecular weight excluding hydrogens is 250 g/mol. The van der Waals surface area contributed by atoms with Crippen LogP contribution in [0.3, 0.4) is 0 Å². The van der Waals surface area contributed by atoms with E-state index in [0.29, 0.717) is 5.75 Å². The van der Waals surface area contributed by atoms with Crippen LogP contribution in [0, 0.1) is 11.6 Å². The Morgan fingerprint density at radius 2 is 1.95 bits per heavy atom. The lowest BCUT2D eigenvalue weighted by atomic mass is 9.98. The number of rotatable bonds is 4. The van der Waals surface area contributed by atoms with E-state index < -0.39 is 17.7 Å². The molecule has 0 fully saturated rings. The normalized spacial score (nSPS) is 12.2. The zero-order valence-corrected chi connectivity index (χ0v) is 10.4. The Kier molecular flexibility index (Phi) is 4.09. The van der Waals surface area contributed by atoms with Gasteiger partial charge in [0.05, 0.1) is 13.2 Å². The van der Waals surface area contributed by atoms with Crippen molar-refractivity contribution in [1.82, 2.24) is 5.43 Å². The third-order valence-electron chi connectivity index (χ3n) is 2.87. The van der Waals surface area contributed by atoms with Gasteiger partial charge in [-0.3, -0.25) is 5.84 Å². The van der Waals surface area contributed by atoms with Crippen molar-refractivity contribution in [1.29, 1.82) is 0 Å². The monoisotopic (exact) mass is 264 g/mol. The van der Waals surface area contributed by atoms with Crippen LogP contribution in [0.15, 0.2) is 42.5 Å². The van der Waals surface area contributed by atoms with Gasteiger partial charge in [0, 0.05) is 11.6 Å². The number of hydrogen-bond acceptors (Lipinski definition) is 3. The third kappa shape index (κ3) is 2.89. The van der Waals surface area contributed by atoms with Crippen molar-refractivity contribution in [3.05, 3.63) is 65.2 Å². The second-order valence-electron chi connectivity index (χ2n) is 4.04. The zero-order valence-electron chi connectivity index (χ0n) is 10.4. The first-order valence-corrected chi connectivity index (χ1v) is 5.70. The molecule has 0 aromatic heterocycles. The molecule has 100 valence electrons. The molecule has 3 N–H and O–H groups in total. The molecule has 0 spiro atoms. The highest BCUT2D eigenvalue weighted by molar-refractivity contribution is 5.37. The van der Waals surface area contributed by atoms with E-state index in [0.717, 1.165) is 11.6 Å². The molecule has 0 aliphatic heterocycles. The minimum atomic E-state index is -0.647. The van der Waals surface area contributed by atoms with E-state index >= 15 is 0 Å². The van der Waals surface area contributed by atoms with Gasteiger partial charge in [0.1, 0.15) is 17.4 Å². The average Bonchev–Trinajstić information content (AvgIpc) is 2.42. The molecule has 0 radical (unpaired) electrons. The summed E-state index contributed by atoms with van der Waals surface area (Å²) >= 11 is 0. The lowest BCUT2D eigenvalue weighted by Gasteiger charge is -2.18. The molecular formula is C14H14F2N2O. The van der Waals surface area contributed by atoms with Crippen LogP contribution in [0.1, 0.15) is 17.2 Å². The molecule has 0 saturated heterocycles. The molecule has 0 saturated carbocycles. The molecule has 19 heavy (non-hydrogen) atoms. The summed E-state index contributed by atoms with van der Waals surface area (Å²) in [5, 5.41) is 0. The van der Waals surface area contributed by atoms with Gasteiger partial charge >= 0.3 is 0 Å². The second-order valence-corrected chi connectivity index (χ2v) is 4.04. The fourth-order valence-corrected chi connectivity index (χ4v) is 1.92. The maximum atomic E-state index is 13.8. The number of nitrogens with two attached hydrogens (primary N) is 1. The predicted molar refractivity (Wildman–Crippen MR) is 68.5 cm³/mol. The molecule has 0 bridgehead atoms. The van der Waals surface area contributed by atoms with E-state index in [4.69, 9.17) is 10.6 Å². The molecule has 1 unspecified atom stereocenters. The molecule has 1 atom stereocenters. The first kappa shape index (κ1) is 13.5. The van der Waals surface area contributed by atoms with Crippen molar-refractivity contribution in [2.75, 3.05) is 7.11 Å².